The highest BCUT2D eigenvalue weighted by Gasteiger charge is 2.15. The lowest BCUT2D eigenvalue weighted by molar-refractivity contribution is 0.192. The van der Waals surface area contributed by atoms with Gasteiger partial charge in [-0.25, -0.2) is 0 Å². The molecule has 5 aromatic heterocycles. The number of aromatic amines is 2. The van der Waals surface area contributed by atoms with Crippen molar-refractivity contribution in [3.63, 3.8) is 0 Å². The predicted molar refractivity (Wildman–Crippen MR) is 142 cm³/mol. The lowest BCUT2D eigenvalue weighted by Gasteiger charge is -2.13. The zero-order chi connectivity index (χ0) is 24.5. The molecular weight excluding hydrogens is 450 g/mol. The second kappa shape index (κ2) is 9.24. The number of hydrogen-bond acceptors (Lipinski definition) is 6. The van der Waals surface area contributed by atoms with Gasteiger partial charge in [0.05, 0.1) is 28.8 Å². The molecule has 1 atom stereocenters. The van der Waals surface area contributed by atoms with Crippen LogP contribution >= 0.6 is 0 Å². The molecule has 4 N–H and O–H groups in total. The predicted octanol–water partition coefficient (Wildman–Crippen LogP) is 5.76. The Morgan fingerprint density at radius 2 is 1.75 bits per heavy atom. The molecule has 0 bridgehead atoms. The fourth-order valence-electron chi connectivity index (χ4n) is 4.53. The molecule has 0 amide bonds. The van der Waals surface area contributed by atoms with Crippen LogP contribution in [0.3, 0.4) is 0 Å². The van der Waals surface area contributed by atoms with Crippen LogP contribution in [-0.2, 0) is 0 Å². The van der Waals surface area contributed by atoms with E-state index in [1.54, 1.807) is 18.6 Å². The number of nitrogens with zero attached hydrogens (tertiary/aromatic N) is 4. The first-order chi connectivity index (χ1) is 17.7. The number of rotatable bonds is 7. The molecular formula is C28H25N7O. The Hall–Kier alpha value is -4.56. The summed E-state index contributed by atoms with van der Waals surface area (Å²) in [5.41, 5.74) is 8.27. The third-order valence-electron chi connectivity index (χ3n) is 6.27. The maximum absolute atomic E-state index is 10.1. The number of aromatic nitrogens is 6. The Balaban J connectivity index is 1.40. The zero-order valence-corrected chi connectivity index (χ0v) is 19.7. The van der Waals surface area contributed by atoms with Crippen molar-refractivity contribution < 1.29 is 5.11 Å². The normalized spacial score (nSPS) is 12.3. The quantitative estimate of drug-likeness (QED) is 0.218. The van der Waals surface area contributed by atoms with Gasteiger partial charge >= 0.3 is 0 Å². The van der Waals surface area contributed by atoms with Crippen LogP contribution in [0.4, 0.5) is 5.69 Å². The van der Waals surface area contributed by atoms with Gasteiger partial charge in [-0.2, -0.15) is 5.10 Å². The Kier molecular flexibility index (Phi) is 5.63. The molecule has 5 heterocycles. The number of nitrogens with one attached hydrogen (secondary N) is 3. The molecule has 0 saturated heterocycles. The maximum atomic E-state index is 10.1. The van der Waals surface area contributed by atoms with Crippen LogP contribution in [0.15, 0.2) is 79.5 Å². The summed E-state index contributed by atoms with van der Waals surface area (Å²) < 4.78 is 0. The van der Waals surface area contributed by atoms with Gasteiger partial charge in [0.1, 0.15) is 11.9 Å². The average Bonchev–Trinajstić information content (AvgIpc) is 3.53. The molecule has 1 aromatic carbocycles. The number of pyridine rings is 3. The van der Waals surface area contributed by atoms with Crippen molar-refractivity contribution in [3.8, 4) is 33.8 Å². The molecule has 0 saturated carbocycles. The molecule has 0 fully saturated rings. The minimum atomic E-state index is -0.594. The molecule has 36 heavy (non-hydrogen) atoms. The summed E-state index contributed by atoms with van der Waals surface area (Å²) in [5, 5.41) is 23.0. The molecule has 0 radical (unpaired) electrons. The highest BCUT2D eigenvalue weighted by Crippen LogP contribution is 2.34. The van der Waals surface area contributed by atoms with Gasteiger partial charge in [0.15, 0.2) is 0 Å². The number of anilines is 1. The summed E-state index contributed by atoms with van der Waals surface area (Å²) in [6.45, 7) is 2.04. The summed E-state index contributed by atoms with van der Waals surface area (Å²) in [6, 6.07) is 16.2. The van der Waals surface area contributed by atoms with E-state index < -0.39 is 6.23 Å². The van der Waals surface area contributed by atoms with Crippen molar-refractivity contribution in [1.29, 1.82) is 0 Å². The average molecular weight is 476 g/mol. The third-order valence-corrected chi connectivity index (χ3v) is 6.27. The summed E-state index contributed by atoms with van der Waals surface area (Å²) in [4.78, 5) is 16.7. The van der Waals surface area contributed by atoms with Crippen LogP contribution in [0, 0.1) is 0 Å². The SMILES string of the molecule is CCCC(O)Nc1cncc(-c2ccc3[nH]nc(-c4cc5c(-c6cccnc6)nccc5[nH]4)c3c2)c1. The van der Waals surface area contributed by atoms with E-state index in [2.05, 4.69) is 47.6 Å². The lowest BCUT2D eigenvalue weighted by atomic mass is 10.0. The number of fused-ring (bicyclic) bond motifs is 2. The Morgan fingerprint density at radius 1 is 0.861 bits per heavy atom. The third kappa shape index (κ3) is 4.08. The Bertz CT molecular complexity index is 1660. The minimum Gasteiger partial charge on any atom is -0.374 e. The number of H-pyrrole nitrogens is 2. The van der Waals surface area contributed by atoms with E-state index in [4.69, 9.17) is 0 Å². The largest absolute Gasteiger partial charge is 0.374 e. The molecule has 1 unspecified atom stereocenters. The highest BCUT2D eigenvalue weighted by atomic mass is 16.3. The van der Waals surface area contributed by atoms with Gasteiger partial charge in [-0.05, 0) is 54.4 Å². The van der Waals surface area contributed by atoms with E-state index in [0.29, 0.717) is 6.42 Å². The van der Waals surface area contributed by atoms with E-state index >= 15 is 0 Å². The smallest absolute Gasteiger partial charge is 0.124 e. The van der Waals surface area contributed by atoms with Gasteiger partial charge < -0.3 is 15.4 Å². The number of aliphatic hydroxyl groups excluding tert-OH is 1. The van der Waals surface area contributed by atoms with Crippen molar-refractivity contribution in [2.24, 2.45) is 0 Å². The van der Waals surface area contributed by atoms with Gasteiger partial charge in [-0.3, -0.25) is 20.1 Å². The van der Waals surface area contributed by atoms with Crippen LogP contribution in [0.1, 0.15) is 19.8 Å². The fourth-order valence-corrected chi connectivity index (χ4v) is 4.53. The first-order valence-corrected chi connectivity index (χ1v) is 12.0. The van der Waals surface area contributed by atoms with E-state index in [-0.39, 0.29) is 0 Å². The van der Waals surface area contributed by atoms with Crippen molar-refractivity contribution in [2.45, 2.75) is 26.0 Å². The maximum Gasteiger partial charge on any atom is 0.124 e. The molecule has 0 aliphatic carbocycles. The van der Waals surface area contributed by atoms with E-state index in [0.717, 1.165) is 67.7 Å². The van der Waals surface area contributed by atoms with Crippen LogP contribution in [0.25, 0.3) is 55.6 Å². The van der Waals surface area contributed by atoms with Crippen LogP contribution in [-0.4, -0.2) is 41.5 Å². The van der Waals surface area contributed by atoms with E-state index in [1.165, 1.54) is 0 Å². The first-order valence-electron chi connectivity index (χ1n) is 12.0. The Morgan fingerprint density at radius 3 is 2.61 bits per heavy atom. The summed E-state index contributed by atoms with van der Waals surface area (Å²) >= 11 is 0. The number of hydrogen-bond donors (Lipinski definition) is 4. The second-order valence-corrected chi connectivity index (χ2v) is 8.79. The lowest BCUT2D eigenvalue weighted by Crippen LogP contribution is -2.18. The molecule has 8 heteroatoms. The van der Waals surface area contributed by atoms with Crippen LogP contribution in [0.2, 0.25) is 0 Å². The Labute approximate surface area is 207 Å². The second-order valence-electron chi connectivity index (χ2n) is 8.79. The van der Waals surface area contributed by atoms with Gasteiger partial charge in [-0.1, -0.05) is 19.4 Å². The molecule has 6 aromatic rings. The standard InChI is InChI=1S/C28H25N7O/c1-2-4-26(36)32-20-11-19(15-30-16-20)17-6-7-24-21(12-17)28(35-34-24)25-13-22-23(33-25)8-10-31-27(22)18-5-3-9-29-14-18/h3,5-16,26,32-33,36H,2,4H2,1H3,(H,34,35). The summed E-state index contributed by atoms with van der Waals surface area (Å²) in [6.07, 6.45) is 9.92. The van der Waals surface area contributed by atoms with Gasteiger partial charge in [-0.15, -0.1) is 0 Å². The van der Waals surface area contributed by atoms with Crippen molar-refractivity contribution in [3.05, 3.63) is 79.5 Å². The van der Waals surface area contributed by atoms with Gasteiger partial charge in [0.2, 0.25) is 0 Å². The van der Waals surface area contributed by atoms with Gasteiger partial charge in [0, 0.05) is 52.2 Å². The van der Waals surface area contributed by atoms with Crippen LogP contribution < -0.4 is 5.32 Å². The number of aliphatic hydroxyl groups is 1. The molecule has 6 rings (SSSR count). The topological polar surface area (TPSA) is 115 Å². The van der Waals surface area contributed by atoms with Crippen molar-refractivity contribution in [1.82, 2.24) is 30.1 Å². The summed E-state index contributed by atoms with van der Waals surface area (Å²) in [7, 11) is 0. The number of benzene rings is 1. The summed E-state index contributed by atoms with van der Waals surface area (Å²) in [5.74, 6) is 0. The zero-order valence-electron chi connectivity index (χ0n) is 19.7. The molecule has 178 valence electrons. The van der Waals surface area contributed by atoms with E-state index in [9.17, 15) is 5.11 Å². The van der Waals surface area contributed by atoms with Crippen LogP contribution in [0.5, 0.6) is 0 Å². The van der Waals surface area contributed by atoms with E-state index in [1.807, 2.05) is 55.7 Å². The first kappa shape index (κ1) is 21.9. The highest BCUT2D eigenvalue weighted by molar-refractivity contribution is 6.00. The molecule has 0 aliphatic rings. The molecule has 8 nitrogen and oxygen atoms in total. The molecule has 0 spiro atoms. The van der Waals surface area contributed by atoms with Crippen molar-refractivity contribution >= 4 is 27.5 Å². The van der Waals surface area contributed by atoms with Crippen molar-refractivity contribution in [2.75, 3.05) is 5.32 Å². The van der Waals surface area contributed by atoms with Gasteiger partial charge in [0.25, 0.3) is 0 Å². The monoisotopic (exact) mass is 475 g/mol. The fraction of sp³-hybridized carbons (Fsp3) is 0.143. The minimum absolute atomic E-state index is 0.594. The molecule has 0 aliphatic heterocycles.